The first kappa shape index (κ1) is 19.2. The average Bonchev–Trinajstić information content (AvgIpc) is 2.64. The molecule has 0 radical (unpaired) electrons. The average molecular weight is 355 g/mol. The van der Waals surface area contributed by atoms with E-state index in [9.17, 15) is 19.5 Å². The van der Waals surface area contributed by atoms with Gasteiger partial charge in [0, 0.05) is 17.7 Å². The van der Waals surface area contributed by atoms with E-state index < -0.39 is 11.9 Å². The molecule has 2 aromatic carbocycles. The van der Waals surface area contributed by atoms with Crippen LogP contribution in [-0.4, -0.2) is 36.4 Å². The van der Waals surface area contributed by atoms with Crippen molar-refractivity contribution in [1.82, 2.24) is 5.32 Å². The summed E-state index contributed by atoms with van der Waals surface area (Å²) in [6.45, 7) is 1.44. The number of aliphatic carboxylic acids is 1. The van der Waals surface area contributed by atoms with Gasteiger partial charge >= 0.3 is 5.97 Å². The van der Waals surface area contributed by atoms with Crippen LogP contribution in [0.5, 0.6) is 5.75 Å². The Kier molecular flexibility index (Phi) is 6.49. The molecule has 1 amide bonds. The van der Waals surface area contributed by atoms with Crippen molar-refractivity contribution in [2.24, 2.45) is 5.92 Å². The molecular weight excluding hydrogens is 334 g/mol. The zero-order valence-electron chi connectivity index (χ0n) is 14.7. The highest BCUT2D eigenvalue weighted by Gasteiger charge is 2.21. The van der Waals surface area contributed by atoms with Gasteiger partial charge in [-0.2, -0.15) is 0 Å². The van der Waals surface area contributed by atoms with Crippen molar-refractivity contribution in [2.75, 3.05) is 13.7 Å². The highest BCUT2D eigenvalue weighted by molar-refractivity contribution is 5.97. The van der Waals surface area contributed by atoms with Crippen LogP contribution in [-0.2, 0) is 11.2 Å². The molecule has 0 aliphatic carbocycles. The van der Waals surface area contributed by atoms with Crippen molar-refractivity contribution in [2.45, 2.75) is 13.3 Å². The van der Waals surface area contributed by atoms with Crippen molar-refractivity contribution in [3.8, 4) is 5.75 Å². The summed E-state index contributed by atoms with van der Waals surface area (Å²) >= 11 is 0. The van der Waals surface area contributed by atoms with Gasteiger partial charge in [-0.05, 0) is 37.1 Å². The lowest BCUT2D eigenvalue weighted by molar-refractivity contribution is -0.141. The molecule has 0 fully saturated rings. The summed E-state index contributed by atoms with van der Waals surface area (Å²) in [4.78, 5) is 35.0. The number of carbonyl (C=O) groups is 3. The third kappa shape index (κ3) is 4.92. The van der Waals surface area contributed by atoms with Gasteiger partial charge in [-0.1, -0.05) is 30.3 Å². The van der Waals surface area contributed by atoms with Crippen molar-refractivity contribution in [3.05, 3.63) is 65.2 Å². The van der Waals surface area contributed by atoms with Gasteiger partial charge in [-0.25, -0.2) is 0 Å². The first-order valence-electron chi connectivity index (χ1n) is 8.16. The van der Waals surface area contributed by atoms with E-state index in [0.717, 1.165) is 5.56 Å². The number of methoxy groups -OCH3 is 1. The summed E-state index contributed by atoms with van der Waals surface area (Å²) in [5, 5.41) is 12.1. The first-order valence-corrected chi connectivity index (χ1v) is 8.16. The number of hydrogen-bond acceptors (Lipinski definition) is 4. The standard InChI is InChI=1S/C20H21NO5/c1-13(22)14-7-9-15(10-8-14)19(23)21-12-17(20(24)25)11-16-5-3-4-6-18(16)26-2/h3-10,17H,11-12H2,1-2H3,(H,21,23)(H,24,25). The number of carbonyl (C=O) groups excluding carboxylic acids is 2. The van der Waals surface area contributed by atoms with Crippen LogP contribution in [0.3, 0.4) is 0 Å². The van der Waals surface area contributed by atoms with Gasteiger partial charge in [0.05, 0.1) is 13.0 Å². The molecule has 1 atom stereocenters. The maximum Gasteiger partial charge on any atom is 0.308 e. The fraction of sp³-hybridized carbons (Fsp3) is 0.250. The second-order valence-electron chi connectivity index (χ2n) is 5.89. The quantitative estimate of drug-likeness (QED) is 0.710. The van der Waals surface area contributed by atoms with E-state index in [1.54, 1.807) is 36.4 Å². The lowest BCUT2D eigenvalue weighted by Gasteiger charge is -2.15. The largest absolute Gasteiger partial charge is 0.496 e. The van der Waals surface area contributed by atoms with Gasteiger partial charge in [0.1, 0.15) is 5.75 Å². The number of ketones is 1. The number of amides is 1. The molecule has 0 aliphatic rings. The molecule has 0 aromatic heterocycles. The number of para-hydroxylation sites is 1. The van der Waals surface area contributed by atoms with E-state index in [-0.39, 0.29) is 24.7 Å². The van der Waals surface area contributed by atoms with Crippen molar-refractivity contribution in [1.29, 1.82) is 0 Å². The van der Waals surface area contributed by atoms with Crippen LogP contribution in [0, 0.1) is 5.92 Å². The molecule has 2 N–H and O–H groups in total. The summed E-state index contributed by atoms with van der Waals surface area (Å²) in [6.07, 6.45) is 0.239. The predicted molar refractivity (Wildman–Crippen MR) is 96.6 cm³/mol. The number of nitrogens with one attached hydrogen (secondary N) is 1. The smallest absolute Gasteiger partial charge is 0.308 e. The molecule has 6 heteroatoms. The zero-order valence-corrected chi connectivity index (χ0v) is 14.7. The number of ether oxygens (including phenoxy) is 1. The normalized spacial score (nSPS) is 11.5. The van der Waals surface area contributed by atoms with Crippen molar-refractivity contribution >= 4 is 17.7 Å². The van der Waals surface area contributed by atoms with Gasteiger partial charge < -0.3 is 15.2 Å². The molecule has 6 nitrogen and oxygen atoms in total. The molecule has 2 aromatic rings. The lowest BCUT2D eigenvalue weighted by Crippen LogP contribution is -2.34. The number of rotatable bonds is 8. The van der Waals surface area contributed by atoms with E-state index in [2.05, 4.69) is 5.32 Å². The van der Waals surface area contributed by atoms with Crippen molar-refractivity contribution in [3.63, 3.8) is 0 Å². The Morgan fingerprint density at radius 1 is 1.04 bits per heavy atom. The Balaban J connectivity index is 2.02. The predicted octanol–water partition coefficient (Wildman–Crippen LogP) is 2.57. The van der Waals surface area contributed by atoms with Crippen LogP contribution in [0.2, 0.25) is 0 Å². The molecule has 0 saturated heterocycles. The fourth-order valence-electron chi connectivity index (χ4n) is 2.56. The number of carboxylic acid groups (broad SMARTS) is 1. The molecule has 136 valence electrons. The van der Waals surface area contributed by atoms with Crippen LogP contribution in [0.1, 0.15) is 33.2 Å². The Labute approximate surface area is 151 Å². The van der Waals surface area contributed by atoms with Crippen LogP contribution >= 0.6 is 0 Å². The second-order valence-corrected chi connectivity index (χ2v) is 5.89. The van der Waals surface area contributed by atoms with E-state index in [1.165, 1.54) is 14.0 Å². The van der Waals surface area contributed by atoms with Gasteiger partial charge in [-0.3, -0.25) is 14.4 Å². The maximum absolute atomic E-state index is 12.2. The molecule has 26 heavy (non-hydrogen) atoms. The molecule has 0 spiro atoms. The number of Topliss-reactive ketones (excluding diaryl/α,β-unsaturated/α-hetero) is 1. The molecule has 0 heterocycles. The minimum Gasteiger partial charge on any atom is -0.496 e. The first-order chi connectivity index (χ1) is 12.4. The molecule has 1 unspecified atom stereocenters. The lowest BCUT2D eigenvalue weighted by atomic mass is 9.98. The third-order valence-corrected chi connectivity index (χ3v) is 4.07. The summed E-state index contributed by atoms with van der Waals surface area (Å²) in [7, 11) is 1.53. The molecule has 2 rings (SSSR count). The van der Waals surface area contributed by atoms with Crippen LogP contribution < -0.4 is 10.1 Å². The Hall–Kier alpha value is -3.15. The summed E-state index contributed by atoms with van der Waals surface area (Å²) in [5.41, 5.74) is 1.65. The SMILES string of the molecule is COc1ccccc1CC(CNC(=O)c1ccc(C(C)=O)cc1)C(=O)O. The topological polar surface area (TPSA) is 92.7 Å². The highest BCUT2D eigenvalue weighted by Crippen LogP contribution is 2.21. The van der Waals surface area contributed by atoms with E-state index >= 15 is 0 Å². The maximum atomic E-state index is 12.2. The highest BCUT2D eigenvalue weighted by atomic mass is 16.5. The Morgan fingerprint density at radius 2 is 1.65 bits per heavy atom. The molecule has 0 aliphatic heterocycles. The van der Waals surface area contributed by atoms with Crippen LogP contribution in [0.4, 0.5) is 0 Å². The van der Waals surface area contributed by atoms with Gasteiger partial charge in [0.15, 0.2) is 5.78 Å². The van der Waals surface area contributed by atoms with E-state index in [0.29, 0.717) is 16.9 Å². The minimum absolute atomic E-state index is 0.0132. The molecule has 0 bridgehead atoms. The van der Waals surface area contributed by atoms with Gasteiger partial charge in [0.2, 0.25) is 0 Å². The Morgan fingerprint density at radius 3 is 2.23 bits per heavy atom. The fourth-order valence-corrected chi connectivity index (χ4v) is 2.56. The third-order valence-electron chi connectivity index (χ3n) is 4.07. The van der Waals surface area contributed by atoms with Crippen molar-refractivity contribution < 1.29 is 24.2 Å². The number of carboxylic acids is 1. The number of hydrogen-bond donors (Lipinski definition) is 2. The number of benzene rings is 2. The second kappa shape index (κ2) is 8.80. The summed E-state index contributed by atoms with van der Waals surface area (Å²) in [6, 6.07) is 13.4. The van der Waals surface area contributed by atoms with Gasteiger partial charge in [-0.15, -0.1) is 0 Å². The summed E-state index contributed by atoms with van der Waals surface area (Å²) in [5.74, 6) is -1.63. The molecule has 0 saturated carbocycles. The van der Waals surface area contributed by atoms with Crippen LogP contribution in [0.15, 0.2) is 48.5 Å². The monoisotopic (exact) mass is 355 g/mol. The van der Waals surface area contributed by atoms with E-state index in [4.69, 9.17) is 4.74 Å². The van der Waals surface area contributed by atoms with E-state index in [1.807, 2.05) is 12.1 Å². The molecular formula is C20H21NO5. The van der Waals surface area contributed by atoms with Crippen LogP contribution in [0.25, 0.3) is 0 Å². The zero-order chi connectivity index (χ0) is 19.1. The van der Waals surface area contributed by atoms with Gasteiger partial charge in [0.25, 0.3) is 5.91 Å². The Bertz CT molecular complexity index is 798. The minimum atomic E-state index is -0.997. The summed E-state index contributed by atoms with van der Waals surface area (Å²) < 4.78 is 5.24.